The van der Waals surface area contributed by atoms with Gasteiger partial charge in [-0.05, 0) is 71.8 Å². The molecule has 0 saturated carbocycles. The van der Waals surface area contributed by atoms with Crippen LogP contribution in [0.5, 0.6) is 0 Å². The fraction of sp³-hybridized carbons (Fsp3) is 0.208. The van der Waals surface area contributed by atoms with Gasteiger partial charge in [-0.15, -0.1) is 0 Å². The lowest BCUT2D eigenvalue weighted by atomic mass is 10.0. The van der Waals surface area contributed by atoms with Gasteiger partial charge >= 0.3 is 0 Å². The van der Waals surface area contributed by atoms with E-state index in [9.17, 15) is 9.59 Å². The first kappa shape index (κ1) is 46.9. The zero-order valence-electron chi connectivity index (χ0n) is 33.0. The van der Waals surface area contributed by atoms with Crippen molar-refractivity contribution in [2.75, 3.05) is 60.9 Å². The van der Waals surface area contributed by atoms with Crippen molar-refractivity contribution < 1.29 is 9.59 Å². The molecule has 6 nitrogen and oxygen atoms in total. The number of carbonyl (C=O) groups is 2. The average molecular weight is 1000 g/mol. The van der Waals surface area contributed by atoms with Crippen LogP contribution in [-0.4, -0.2) is 67.6 Å². The number of ketones is 2. The summed E-state index contributed by atoms with van der Waals surface area (Å²) < 4.78 is 0. The van der Waals surface area contributed by atoms with E-state index in [0.29, 0.717) is 43.5 Å². The van der Waals surface area contributed by atoms with Gasteiger partial charge in [0.1, 0.15) is 0 Å². The SMILES string of the molecule is Clc1ccc([C@@H]2CNCCN2c2ccc(Cl)cc2Cl)cc1.O=C(CBr)c1ccccc1.O=C(CN1CCN(c2ccc(Cl)cc2Cl)[C@H](c2ccc(Cl)cc2)C1)c1ccccc1. The standard InChI is InChI=1S/C24H21Cl3N2O.C16H15Cl3N2.C8H7BrO/c25-19-8-6-17(7-9-19)23-15-28(16-24(30)18-4-2-1-3-5-18)12-13-29(23)22-11-10-20(26)14-21(22)27;17-12-3-1-11(2-4-12)16-10-20-7-8-21(16)15-6-5-13(18)9-14(15)19;9-6-8(10)7-4-2-1-3-5-7/h1-11,14,23H,12-13,15-16H2;1-6,9,16,20H,7-8,10H2;1-5H,6H2/t23-;16-;/m00./s1. The summed E-state index contributed by atoms with van der Waals surface area (Å²) in [5.41, 5.74) is 5.81. The number of anilines is 2. The van der Waals surface area contributed by atoms with Crippen LogP contribution in [0, 0.1) is 0 Å². The average Bonchev–Trinajstić information content (AvgIpc) is 3.28. The predicted molar refractivity (Wildman–Crippen MR) is 261 cm³/mol. The molecule has 0 spiro atoms. The number of carbonyl (C=O) groups excluding carboxylic acids is 2. The molecule has 0 unspecified atom stereocenters. The van der Waals surface area contributed by atoms with Crippen LogP contribution in [0.25, 0.3) is 0 Å². The van der Waals surface area contributed by atoms with E-state index in [-0.39, 0.29) is 23.7 Å². The molecule has 2 saturated heterocycles. The number of hydrogen-bond acceptors (Lipinski definition) is 6. The van der Waals surface area contributed by atoms with Crippen molar-refractivity contribution in [2.24, 2.45) is 0 Å². The highest BCUT2D eigenvalue weighted by Gasteiger charge is 2.31. The molecule has 2 aliphatic rings. The minimum Gasteiger partial charge on any atom is -0.361 e. The molecular formula is C48H43BrCl6N4O2. The van der Waals surface area contributed by atoms with E-state index < -0.39 is 0 Å². The minimum absolute atomic E-state index is 0.0401. The molecule has 6 aromatic rings. The largest absolute Gasteiger partial charge is 0.361 e. The molecule has 0 bridgehead atoms. The van der Waals surface area contributed by atoms with Gasteiger partial charge in [0.25, 0.3) is 0 Å². The number of nitrogens with one attached hydrogen (secondary N) is 1. The molecule has 0 amide bonds. The summed E-state index contributed by atoms with van der Waals surface area (Å²) in [5, 5.41) is 7.85. The Morgan fingerprint density at radius 3 is 1.49 bits per heavy atom. The summed E-state index contributed by atoms with van der Waals surface area (Å²) in [4.78, 5) is 30.5. The molecular weight excluding hydrogens is 957 g/mol. The highest BCUT2D eigenvalue weighted by Crippen LogP contribution is 2.38. The lowest BCUT2D eigenvalue weighted by Gasteiger charge is -2.43. The Hall–Kier alpha value is -3.60. The number of hydrogen-bond donors (Lipinski definition) is 1. The first-order valence-corrected chi connectivity index (χ1v) is 23.0. The number of benzene rings is 6. The summed E-state index contributed by atoms with van der Waals surface area (Å²) >= 11 is 40.2. The van der Waals surface area contributed by atoms with Gasteiger partial charge in [0.2, 0.25) is 0 Å². The molecule has 0 aromatic heterocycles. The van der Waals surface area contributed by atoms with Crippen molar-refractivity contribution in [1.82, 2.24) is 10.2 Å². The Balaban J connectivity index is 0.000000173. The van der Waals surface area contributed by atoms with Crippen LogP contribution in [0.15, 0.2) is 146 Å². The van der Waals surface area contributed by atoms with E-state index in [1.165, 1.54) is 5.56 Å². The van der Waals surface area contributed by atoms with Crippen molar-refractivity contribution in [3.63, 3.8) is 0 Å². The highest BCUT2D eigenvalue weighted by atomic mass is 79.9. The third-order valence-corrected chi connectivity index (χ3v) is 12.4. The van der Waals surface area contributed by atoms with Gasteiger partial charge in [-0.2, -0.15) is 0 Å². The lowest BCUT2D eigenvalue weighted by molar-refractivity contribution is 0.0914. The van der Waals surface area contributed by atoms with E-state index in [1.54, 1.807) is 12.1 Å². The van der Waals surface area contributed by atoms with Crippen LogP contribution >= 0.6 is 85.5 Å². The second-order valence-corrected chi connectivity index (χ2v) is 17.5. The van der Waals surface area contributed by atoms with Crippen molar-refractivity contribution in [2.45, 2.75) is 12.1 Å². The second kappa shape index (κ2) is 23.2. The fourth-order valence-corrected chi connectivity index (χ4v) is 8.87. The van der Waals surface area contributed by atoms with Crippen LogP contribution in [0.3, 0.4) is 0 Å². The van der Waals surface area contributed by atoms with Crippen molar-refractivity contribution >= 4 is 108 Å². The zero-order valence-corrected chi connectivity index (χ0v) is 39.1. The molecule has 2 fully saturated rings. The number of halogens is 7. The Kier molecular flexibility index (Phi) is 17.8. The number of nitrogens with zero attached hydrogens (tertiary/aromatic N) is 3. The normalized spacial score (nSPS) is 16.4. The van der Waals surface area contributed by atoms with Crippen LogP contribution in [0.2, 0.25) is 30.1 Å². The molecule has 2 heterocycles. The monoisotopic (exact) mass is 996 g/mol. The van der Waals surface area contributed by atoms with Crippen LogP contribution in [0.4, 0.5) is 11.4 Å². The molecule has 2 atom stereocenters. The summed E-state index contributed by atoms with van der Waals surface area (Å²) in [6.07, 6.45) is 0. The van der Waals surface area contributed by atoms with Crippen molar-refractivity contribution in [3.8, 4) is 0 Å². The number of rotatable bonds is 9. The van der Waals surface area contributed by atoms with Gasteiger partial charge in [-0.25, -0.2) is 0 Å². The fourth-order valence-electron chi connectivity index (χ4n) is 7.27. The van der Waals surface area contributed by atoms with Crippen LogP contribution < -0.4 is 15.1 Å². The smallest absolute Gasteiger partial charge is 0.176 e. The Labute approximate surface area is 396 Å². The van der Waals surface area contributed by atoms with E-state index in [4.69, 9.17) is 69.6 Å². The maximum Gasteiger partial charge on any atom is 0.176 e. The summed E-state index contributed by atoms with van der Waals surface area (Å²) in [5.74, 6) is 0.254. The first-order chi connectivity index (χ1) is 29.5. The Bertz CT molecular complexity index is 2360. The third kappa shape index (κ3) is 13.2. The number of Topliss-reactive ketones (excluding diaryl/α,β-unsaturated/α-hetero) is 2. The second-order valence-electron chi connectivity index (χ2n) is 14.4. The molecule has 0 radical (unpaired) electrons. The van der Waals surface area contributed by atoms with Crippen molar-refractivity contribution in [3.05, 3.63) is 198 Å². The Morgan fingerprint density at radius 2 is 1.00 bits per heavy atom. The van der Waals surface area contributed by atoms with Crippen LogP contribution in [-0.2, 0) is 0 Å². The molecule has 13 heteroatoms. The molecule has 61 heavy (non-hydrogen) atoms. The van der Waals surface area contributed by atoms with E-state index >= 15 is 0 Å². The molecule has 6 aromatic carbocycles. The third-order valence-electron chi connectivity index (χ3n) is 10.3. The van der Waals surface area contributed by atoms with Gasteiger partial charge < -0.3 is 15.1 Å². The lowest BCUT2D eigenvalue weighted by Crippen LogP contribution is -2.50. The van der Waals surface area contributed by atoms with Gasteiger partial charge in [-0.1, -0.05) is 170 Å². The predicted octanol–water partition coefficient (Wildman–Crippen LogP) is 13.5. The van der Waals surface area contributed by atoms with Gasteiger partial charge in [0.15, 0.2) is 11.6 Å². The maximum atomic E-state index is 12.7. The number of piperazine rings is 2. The van der Waals surface area contributed by atoms with Gasteiger partial charge in [0.05, 0.1) is 45.4 Å². The molecule has 8 rings (SSSR count). The van der Waals surface area contributed by atoms with E-state index in [2.05, 4.69) is 48.1 Å². The topological polar surface area (TPSA) is 55.9 Å². The molecule has 316 valence electrons. The summed E-state index contributed by atoms with van der Waals surface area (Å²) in [6, 6.07) is 46.0. The van der Waals surface area contributed by atoms with Gasteiger partial charge in [0, 0.05) is 70.5 Å². The highest BCUT2D eigenvalue weighted by molar-refractivity contribution is 9.09. The molecule has 1 N–H and O–H groups in total. The summed E-state index contributed by atoms with van der Waals surface area (Å²) in [7, 11) is 0. The molecule has 0 aliphatic carbocycles. The van der Waals surface area contributed by atoms with Crippen LogP contribution in [0.1, 0.15) is 43.9 Å². The summed E-state index contributed by atoms with van der Waals surface area (Å²) in [6.45, 7) is 5.31. The van der Waals surface area contributed by atoms with Crippen molar-refractivity contribution in [1.29, 1.82) is 0 Å². The molecule has 2 aliphatic heterocycles. The minimum atomic E-state index is 0.0401. The first-order valence-electron chi connectivity index (χ1n) is 19.6. The zero-order chi connectivity index (χ0) is 43.3. The van der Waals surface area contributed by atoms with E-state index in [1.807, 2.05) is 121 Å². The maximum absolute atomic E-state index is 12.7. The number of alkyl halides is 1. The quantitative estimate of drug-likeness (QED) is 0.115. The Morgan fingerprint density at radius 1 is 0.541 bits per heavy atom. The van der Waals surface area contributed by atoms with E-state index in [0.717, 1.165) is 65.8 Å². The van der Waals surface area contributed by atoms with Gasteiger partial charge in [-0.3, -0.25) is 14.5 Å².